The summed E-state index contributed by atoms with van der Waals surface area (Å²) in [6, 6.07) is 3.64. The minimum Gasteiger partial charge on any atom is -0.503 e. The highest BCUT2D eigenvalue weighted by Gasteiger charge is 2.23. The van der Waals surface area contributed by atoms with Crippen LogP contribution in [0.15, 0.2) is 16.6 Å². The predicted octanol–water partition coefficient (Wildman–Crippen LogP) is 1.24. The third kappa shape index (κ3) is 4.09. The lowest BCUT2D eigenvalue weighted by molar-refractivity contribution is 0.182. The van der Waals surface area contributed by atoms with Crippen molar-refractivity contribution in [1.29, 1.82) is 0 Å². The Morgan fingerprint density at radius 3 is 2.43 bits per heavy atom. The van der Waals surface area contributed by atoms with Gasteiger partial charge in [0, 0.05) is 32.7 Å². The van der Waals surface area contributed by atoms with Crippen molar-refractivity contribution in [3.8, 4) is 11.5 Å². The number of methoxy groups -OCH3 is 1. The van der Waals surface area contributed by atoms with Crippen LogP contribution in [0, 0.1) is 0 Å². The van der Waals surface area contributed by atoms with Crippen LogP contribution in [0.2, 0.25) is 0 Å². The van der Waals surface area contributed by atoms with Crippen LogP contribution < -0.4 is 4.74 Å². The van der Waals surface area contributed by atoms with E-state index in [1.165, 1.54) is 17.7 Å². The van der Waals surface area contributed by atoms with Crippen molar-refractivity contribution in [3.63, 3.8) is 0 Å². The molecule has 0 bridgehead atoms. The molecule has 0 unspecified atom stereocenters. The molecule has 1 fully saturated rings. The molecule has 1 saturated heterocycles. The van der Waals surface area contributed by atoms with Crippen LogP contribution in [0.5, 0.6) is 11.5 Å². The van der Waals surface area contributed by atoms with Crippen LogP contribution in [-0.4, -0.2) is 62.3 Å². The van der Waals surface area contributed by atoms with Crippen molar-refractivity contribution in [2.45, 2.75) is 6.54 Å². The Bertz CT molecular complexity index is 613. The van der Waals surface area contributed by atoms with Gasteiger partial charge in [-0.1, -0.05) is 0 Å². The molecule has 6 nitrogen and oxygen atoms in total. The molecular formula is C13H19BrN2O4S. The molecule has 0 amide bonds. The van der Waals surface area contributed by atoms with E-state index < -0.39 is 10.0 Å². The topological polar surface area (TPSA) is 70.1 Å². The number of phenols is 1. The normalized spacial score (nSPS) is 17.9. The van der Waals surface area contributed by atoms with E-state index in [1.54, 1.807) is 6.07 Å². The van der Waals surface area contributed by atoms with Gasteiger partial charge >= 0.3 is 0 Å². The maximum atomic E-state index is 11.5. The monoisotopic (exact) mass is 378 g/mol. The smallest absolute Gasteiger partial charge is 0.211 e. The van der Waals surface area contributed by atoms with Crippen molar-refractivity contribution in [2.75, 3.05) is 39.5 Å². The number of benzene rings is 1. The average molecular weight is 379 g/mol. The Balaban J connectivity index is 2.03. The van der Waals surface area contributed by atoms with Crippen LogP contribution in [0.1, 0.15) is 5.56 Å². The fourth-order valence-electron chi connectivity index (χ4n) is 2.35. The average Bonchev–Trinajstić information content (AvgIpc) is 2.42. The lowest BCUT2D eigenvalue weighted by Crippen LogP contribution is -2.47. The third-order valence-corrected chi connectivity index (χ3v) is 5.42. The highest BCUT2D eigenvalue weighted by Crippen LogP contribution is 2.35. The summed E-state index contributed by atoms with van der Waals surface area (Å²) in [4.78, 5) is 2.18. The molecule has 0 spiro atoms. The van der Waals surface area contributed by atoms with Gasteiger partial charge in [0.05, 0.1) is 17.8 Å². The lowest BCUT2D eigenvalue weighted by Gasteiger charge is -2.33. The van der Waals surface area contributed by atoms with Gasteiger partial charge in [-0.25, -0.2) is 8.42 Å². The Hall–Kier alpha value is -0.830. The highest BCUT2D eigenvalue weighted by atomic mass is 79.9. The Kier molecular flexibility index (Phi) is 5.13. The summed E-state index contributed by atoms with van der Waals surface area (Å²) < 4.78 is 30.2. The number of sulfonamides is 1. The van der Waals surface area contributed by atoms with Gasteiger partial charge in [-0.15, -0.1) is 0 Å². The molecule has 2 rings (SSSR count). The van der Waals surface area contributed by atoms with Gasteiger partial charge in [-0.3, -0.25) is 4.90 Å². The van der Waals surface area contributed by atoms with Crippen LogP contribution >= 0.6 is 15.9 Å². The van der Waals surface area contributed by atoms with Gasteiger partial charge in [-0.05, 0) is 33.6 Å². The highest BCUT2D eigenvalue weighted by molar-refractivity contribution is 9.10. The number of ether oxygens (including phenoxy) is 1. The second kappa shape index (κ2) is 6.51. The van der Waals surface area contributed by atoms with E-state index in [9.17, 15) is 13.5 Å². The summed E-state index contributed by atoms with van der Waals surface area (Å²) in [6.07, 6.45) is 1.24. The molecule has 118 valence electrons. The molecule has 0 aliphatic carbocycles. The number of nitrogens with zero attached hydrogens (tertiary/aromatic N) is 2. The number of aromatic hydroxyl groups is 1. The first kappa shape index (κ1) is 16.5. The first-order valence-corrected chi connectivity index (χ1v) is 9.18. The molecule has 0 aromatic heterocycles. The molecule has 8 heteroatoms. The van der Waals surface area contributed by atoms with Crippen molar-refractivity contribution in [2.24, 2.45) is 0 Å². The lowest BCUT2D eigenvalue weighted by atomic mass is 10.1. The zero-order valence-corrected chi connectivity index (χ0v) is 14.4. The largest absolute Gasteiger partial charge is 0.503 e. The Morgan fingerprint density at radius 2 is 1.90 bits per heavy atom. The van der Waals surface area contributed by atoms with Crippen molar-refractivity contribution >= 4 is 26.0 Å². The molecule has 0 radical (unpaired) electrons. The van der Waals surface area contributed by atoms with Crippen molar-refractivity contribution in [3.05, 3.63) is 22.2 Å². The number of rotatable bonds is 4. The molecule has 0 atom stereocenters. The SMILES string of the molecule is COc1cc(CN2CCN(S(C)(=O)=O)CC2)cc(Br)c1O. The van der Waals surface area contributed by atoms with Gasteiger partial charge in [0.25, 0.3) is 0 Å². The second-order valence-electron chi connectivity index (χ2n) is 5.07. The summed E-state index contributed by atoms with van der Waals surface area (Å²) in [5.74, 6) is 0.511. The standard InChI is InChI=1S/C13H19BrN2O4S/c1-20-12-8-10(7-11(14)13(12)17)9-15-3-5-16(6-4-15)21(2,18)19/h7-8,17H,3-6,9H2,1-2H3. The number of hydrogen-bond donors (Lipinski definition) is 1. The zero-order valence-electron chi connectivity index (χ0n) is 12.0. The number of phenolic OH excluding ortho intramolecular Hbond substituents is 1. The van der Waals surface area contributed by atoms with E-state index in [4.69, 9.17) is 4.74 Å². The van der Waals surface area contributed by atoms with E-state index in [0.29, 0.717) is 42.9 Å². The molecule has 1 N–H and O–H groups in total. The first-order valence-electron chi connectivity index (χ1n) is 6.54. The predicted molar refractivity (Wildman–Crippen MR) is 84.1 cm³/mol. The maximum absolute atomic E-state index is 11.5. The van der Waals surface area contributed by atoms with Crippen LogP contribution in [0.4, 0.5) is 0 Å². The molecule has 1 heterocycles. The summed E-state index contributed by atoms with van der Waals surface area (Å²) in [6.45, 7) is 3.08. The van der Waals surface area contributed by atoms with Gasteiger partial charge in [0.1, 0.15) is 0 Å². The van der Waals surface area contributed by atoms with Gasteiger partial charge < -0.3 is 9.84 Å². The fourth-order valence-corrected chi connectivity index (χ4v) is 3.67. The molecule has 1 aliphatic heterocycles. The molecule has 1 aromatic rings. The number of halogens is 1. The van der Waals surface area contributed by atoms with Crippen LogP contribution in [0.25, 0.3) is 0 Å². The second-order valence-corrected chi connectivity index (χ2v) is 7.90. The number of piperazine rings is 1. The molecular weight excluding hydrogens is 360 g/mol. The first-order chi connectivity index (χ1) is 9.81. The van der Waals surface area contributed by atoms with E-state index in [0.717, 1.165) is 5.56 Å². The van der Waals surface area contributed by atoms with Crippen molar-refractivity contribution < 1.29 is 18.3 Å². The van der Waals surface area contributed by atoms with Crippen LogP contribution in [-0.2, 0) is 16.6 Å². The molecule has 1 aromatic carbocycles. The fraction of sp³-hybridized carbons (Fsp3) is 0.538. The van der Waals surface area contributed by atoms with Gasteiger partial charge in [0.2, 0.25) is 10.0 Å². The molecule has 0 saturated carbocycles. The molecule has 21 heavy (non-hydrogen) atoms. The summed E-state index contributed by atoms with van der Waals surface area (Å²) in [7, 11) is -1.59. The minimum atomic E-state index is -3.10. The van der Waals surface area contributed by atoms with E-state index in [1.807, 2.05) is 6.07 Å². The molecule has 1 aliphatic rings. The zero-order chi connectivity index (χ0) is 15.6. The summed E-state index contributed by atoms with van der Waals surface area (Å²) >= 11 is 3.30. The Morgan fingerprint density at radius 1 is 1.29 bits per heavy atom. The number of hydrogen-bond acceptors (Lipinski definition) is 5. The van der Waals surface area contributed by atoms with Crippen LogP contribution in [0.3, 0.4) is 0 Å². The van der Waals surface area contributed by atoms with E-state index in [-0.39, 0.29) is 5.75 Å². The van der Waals surface area contributed by atoms with Gasteiger partial charge in [-0.2, -0.15) is 4.31 Å². The van der Waals surface area contributed by atoms with Crippen molar-refractivity contribution in [1.82, 2.24) is 9.21 Å². The third-order valence-electron chi connectivity index (χ3n) is 3.51. The van der Waals surface area contributed by atoms with E-state index in [2.05, 4.69) is 20.8 Å². The quantitative estimate of drug-likeness (QED) is 0.853. The minimum absolute atomic E-state index is 0.0862. The van der Waals surface area contributed by atoms with E-state index >= 15 is 0 Å². The summed E-state index contributed by atoms with van der Waals surface area (Å²) in [5.41, 5.74) is 1.00. The Labute approximate surface area is 133 Å². The summed E-state index contributed by atoms with van der Waals surface area (Å²) in [5, 5.41) is 9.79. The van der Waals surface area contributed by atoms with Gasteiger partial charge in [0.15, 0.2) is 11.5 Å². The maximum Gasteiger partial charge on any atom is 0.211 e.